The van der Waals surface area contributed by atoms with E-state index in [1.807, 2.05) is 0 Å². The Morgan fingerprint density at radius 1 is 1.67 bits per heavy atom. The lowest BCUT2D eigenvalue weighted by Gasteiger charge is -2.30. The van der Waals surface area contributed by atoms with Crippen molar-refractivity contribution in [1.82, 2.24) is 0 Å². The molecule has 1 saturated heterocycles. The Morgan fingerprint density at radius 3 is 2.00 bits per heavy atom. The van der Waals surface area contributed by atoms with Gasteiger partial charge in [-0.25, -0.2) is 0 Å². The summed E-state index contributed by atoms with van der Waals surface area (Å²) in [5, 5.41) is 8.65. The Morgan fingerprint density at radius 2 is 2.00 bits per heavy atom. The first-order valence-electron chi connectivity index (χ1n) is 1.73. The molecule has 0 aromatic heterocycles. The van der Waals surface area contributed by atoms with Crippen molar-refractivity contribution in [1.29, 1.82) is 0 Å². The minimum Gasteiger partial charge on any atom is -0.375 e. The highest BCUT2D eigenvalue weighted by molar-refractivity contribution is 7.81. The van der Waals surface area contributed by atoms with Gasteiger partial charge in [0.05, 0.1) is 13.2 Å². The van der Waals surface area contributed by atoms with Gasteiger partial charge >= 0.3 is 0 Å². The van der Waals surface area contributed by atoms with Crippen LogP contribution in [0.3, 0.4) is 0 Å². The molecule has 0 bridgehead atoms. The summed E-state index contributed by atoms with van der Waals surface area (Å²) in [6.45, 7) is 0.742. The number of ether oxygens (including phenoxy) is 1. The molecule has 1 heterocycles. The van der Waals surface area contributed by atoms with Crippen molar-refractivity contribution in [2.75, 3.05) is 13.2 Å². The number of thiol groups is 1. The predicted molar refractivity (Wildman–Crippen MR) is 24.8 cm³/mol. The topological polar surface area (TPSA) is 29.5 Å². The van der Waals surface area contributed by atoms with Crippen LogP contribution in [0.5, 0.6) is 0 Å². The molecule has 1 rings (SSSR count). The van der Waals surface area contributed by atoms with Gasteiger partial charge in [0, 0.05) is 0 Å². The molecule has 0 aromatic carbocycles. The quantitative estimate of drug-likeness (QED) is 0.326. The van der Waals surface area contributed by atoms with Crippen LogP contribution in [-0.4, -0.2) is 23.3 Å². The van der Waals surface area contributed by atoms with Gasteiger partial charge in [-0.1, -0.05) is 0 Å². The van der Waals surface area contributed by atoms with Crippen LogP contribution in [0.25, 0.3) is 0 Å². The fraction of sp³-hybridized carbons (Fsp3) is 1.00. The SMILES string of the molecule is OC1(S)COC1. The molecule has 0 amide bonds. The molecule has 3 heteroatoms. The fourth-order valence-electron chi connectivity index (χ4n) is 0.285. The van der Waals surface area contributed by atoms with E-state index in [4.69, 9.17) is 5.11 Å². The summed E-state index contributed by atoms with van der Waals surface area (Å²) in [4.78, 5) is -0.806. The van der Waals surface area contributed by atoms with Crippen LogP contribution in [0, 0.1) is 0 Å². The number of rotatable bonds is 0. The van der Waals surface area contributed by atoms with E-state index < -0.39 is 4.93 Å². The Kier molecular flexibility index (Phi) is 0.825. The van der Waals surface area contributed by atoms with E-state index >= 15 is 0 Å². The number of hydrogen-bond donors (Lipinski definition) is 2. The molecule has 36 valence electrons. The molecule has 1 aliphatic rings. The van der Waals surface area contributed by atoms with Crippen molar-refractivity contribution >= 4 is 12.6 Å². The number of hydrogen-bond acceptors (Lipinski definition) is 3. The summed E-state index contributed by atoms with van der Waals surface area (Å²) >= 11 is 3.77. The highest BCUT2D eigenvalue weighted by atomic mass is 32.1. The Bertz CT molecular complexity index is 55.8. The predicted octanol–water partition coefficient (Wildman–Crippen LogP) is -0.365. The van der Waals surface area contributed by atoms with Crippen molar-refractivity contribution in [3.8, 4) is 0 Å². The molecule has 0 unspecified atom stereocenters. The van der Waals surface area contributed by atoms with Gasteiger partial charge in [0.1, 0.15) is 0 Å². The molecular weight excluding hydrogens is 100 g/mol. The maximum atomic E-state index is 8.65. The first-order valence-corrected chi connectivity index (χ1v) is 2.18. The van der Waals surface area contributed by atoms with Gasteiger partial charge < -0.3 is 9.84 Å². The van der Waals surface area contributed by atoms with Crippen LogP contribution in [0.2, 0.25) is 0 Å². The van der Waals surface area contributed by atoms with Crippen molar-refractivity contribution in [3.63, 3.8) is 0 Å². The molecular formula is C3H6O2S. The average molecular weight is 106 g/mol. The van der Waals surface area contributed by atoms with E-state index in [1.165, 1.54) is 0 Å². The maximum absolute atomic E-state index is 8.65. The van der Waals surface area contributed by atoms with Gasteiger partial charge in [0.2, 0.25) is 0 Å². The van der Waals surface area contributed by atoms with Crippen LogP contribution in [0.4, 0.5) is 0 Å². The summed E-state index contributed by atoms with van der Waals surface area (Å²) in [6.07, 6.45) is 0. The summed E-state index contributed by atoms with van der Waals surface area (Å²) < 4.78 is 4.61. The van der Waals surface area contributed by atoms with E-state index in [2.05, 4.69) is 17.4 Å². The van der Waals surface area contributed by atoms with Crippen molar-refractivity contribution < 1.29 is 9.84 Å². The van der Waals surface area contributed by atoms with Crippen LogP contribution < -0.4 is 0 Å². The number of aliphatic hydroxyl groups is 1. The first kappa shape index (κ1) is 4.43. The molecule has 0 aliphatic carbocycles. The third-order valence-electron chi connectivity index (χ3n) is 0.666. The molecule has 2 nitrogen and oxygen atoms in total. The van der Waals surface area contributed by atoms with Gasteiger partial charge in [0.15, 0.2) is 4.93 Å². The second kappa shape index (κ2) is 1.12. The fourth-order valence-corrected chi connectivity index (χ4v) is 0.467. The lowest BCUT2D eigenvalue weighted by molar-refractivity contribution is -0.117. The molecule has 1 N–H and O–H groups in total. The minimum atomic E-state index is -0.806. The summed E-state index contributed by atoms with van der Waals surface area (Å²) in [6, 6.07) is 0. The zero-order valence-electron chi connectivity index (χ0n) is 3.22. The van der Waals surface area contributed by atoms with Gasteiger partial charge in [-0.15, -0.1) is 12.6 Å². The second-order valence-electron chi connectivity index (χ2n) is 1.48. The Balaban J connectivity index is 2.31. The average Bonchev–Trinajstić information content (AvgIpc) is 1.32. The molecule has 0 radical (unpaired) electrons. The largest absolute Gasteiger partial charge is 0.375 e. The summed E-state index contributed by atoms with van der Waals surface area (Å²) in [5.74, 6) is 0. The van der Waals surface area contributed by atoms with Gasteiger partial charge in [-0.3, -0.25) is 0 Å². The minimum absolute atomic E-state index is 0.371. The van der Waals surface area contributed by atoms with Crippen LogP contribution >= 0.6 is 12.6 Å². The molecule has 6 heavy (non-hydrogen) atoms. The molecule has 0 aromatic rings. The third kappa shape index (κ3) is 0.668. The Labute approximate surface area is 41.5 Å². The smallest absolute Gasteiger partial charge is 0.154 e. The van der Waals surface area contributed by atoms with E-state index in [9.17, 15) is 0 Å². The van der Waals surface area contributed by atoms with E-state index in [0.717, 1.165) is 0 Å². The van der Waals surface area contributed by atoms with Crippen LogP contribution in [0.15, 0.2) is 0 Å². The zero-order chi connectivity index (χ0) is 4.62. The monoisotopic (exact) mass is 106 g/mol. The normalized spacial score (nSPS) is 29.0. The summed E-state index contributed by atoms with van der Waals surface area (Å²) in [5.41, 5.74) is 0. The first-order chi connectivity index (χ1) is 2.71. The zero-order valence-corrected chi connectivity index (χ0v) is 4.11. The Hall–Kier alpha value is 0.270. The molecule has 1 aliphatic heterocycles. The highest BCUT2D eigenvalue weighted by Crippen LogP contribution is 2.19. The lowest BCUT2D eigenvalue weighted by Crippen LogP contribution is -2.43. The third-order valence-corrected chi connectivity index (χ3v) is 0.925. The standard InChI is InChI=1S/C3H6O2S/c4-3(6)1-5-2-3/h4,6H,1-2H2. The van der Waals surface area contributed by atoms with Crippen LogP contribution in [0.1, 0.15) is 0 Å². The second-order valence-corrected chi connectivity index (χ2v) is 2.31. The van der Waals surface area contributed by atoms with Crippen LogP contribution in [-0.2, 0) is 4.74 Å². The van der Waals surface area contributed by atoms with Crippen molar-refractivity contribution in [2.24, 2.45) is 0 Å². The summed E-state index contributed by atoms with van der Waals surface area (Å²) in [7, 11) is 0. The van der Waals surface area contributed by atoms with Gasteiger partial charge in [-0.05, 0) is 0 Å². The maximum Gasteiger partial charge on any atom is 0.154 e. The van der Waals surface area contributed by atoms with E-state index in [0.29, 0.717) is 13.2 Å². The van der Waals surface area contributed by atoms with E-state index in [1.54, 1.807) is 0 Å². The molecule has 0 spiro atoms. The van der Waals surface area contributed by atoms with Gasteiger partial charge in [0.25, 0.3) is 0 Å². The van der Waals surface area contributed by atoms with Gasteiger partial charge in [-0.2, -0.15) is 0 Å². The molecule has 0 saturated carbocycles. The lowest BCUT2D eigenvalue weighted by atomic mass is 10.3. The molecule has 1 fully saturated rings. The van der Waals surface area contributed by atoms with Crippen molar-refractivity contribution in [3.05, 3.63) is 0 Å². The highest BCUT2D eigenvalue weighted by Gasteiger charge is 2.30. The van der Waals surface area contributed by atoms with E-state index in [-0.39, 0.29) is 0 Å². The molecule has 0 atom stereocenters. The van der Waals surface area contributed by atoms with Crippen molar-refractivity contribution in [2.45, 2.75) is 4.93 Å².